The van der Waals surface area contributed by atoms with Crippen LogP contribution in [0, 0.1) is 17.3 Å². The zero-order valence-electron chi connectivity index (χ0n) is 8.13. The number of carbonyl (C=O) groups is 1. The molecule has 0 radical (unpaired) electrons. The van der Waals surface area contributed by atoms with Crippen LogP contribution in [0.15, 0.2) is 0 Å². The van der Waals surface area contributed by atoms with Crippen LogP contribution in [0.3, 0.4) is 0 Å². The van der Waals surface area contributed by atoms with E-state index in [1.807, 2.05) is 0 Å². The second-order valence-electron chi connectivity index (χ2n) is 4.67. The molecule has 1 aliphatic carbocycles. The standard InChI is InChI=1S/C10H18O2/c1-7-5-4-6-10(2,3)8(7)9(11)12/h7-8H,4-6H2,1-3H3,(H,11,12). The number of rotatable bonds is 1. The third-order valence-corrected chi connectivity index (χ3v) is 3.16. The summed E-state index contributed by atoms with van der Waals surface area (Å²) in [6.07, 6.45) is 3.30. The fourth-order valence-electron chi connectivity index (χ4n) is 2.55. The number of hydrogen-bond donors (Lipinski definition) is 1. The van der Waals surface area contributed by atoms with Crippen LogP contribution in [0.5, 0.6) is 0 Å². The Morgan fingerprint density at radius 3 is 2.42 bits per heavy atom. The fourth-order valence-corrected chi connectivity index (χ4v) is 2.55. The highest BCUT2D eigenvalue weighted by molar-refractivity contribution is 5.71. The van der Waals surface area contributed by atoms with Crippen molar-refractivity contribution in [2.45, 2.75) is 40.0 Å². The molecule has 0 bridgehead atoms. The maximum Gasteiger partial charge on any atom is 0.307 e. The van der Waals surface area contributed by atoms with Crippen LogP contribution in [0.25, 0.3) is 0 Å². The van der Waals surface area contributed by atoms with Crippen LogP contribution in [0.4, 0.5) is 0 Å². The van der Waals surface area contributed by atoms with Crippen molar-refractivity contribution in [3.63, 3.8) is 0 Å². The van der Waals surface area contributed by atoms with Crippen molar-refractivity contribution >= 4 is 5.97 Å². The topological polar surface area (TPSA) is 37.3 Å². The lowest BCUT2D eigenvalue weighted by Crippen LogP contribution is -2.39. The van der Waals surface area contributed by atoms with Crippen LogP contribution >= 0.6 is 0 Å². The molecule has 70 valence electrons. The molecule has 1 fully saturated rings. The third-order valence-electron chi connectivity index (χ3n) is 3.16. The Bertz CT molecular complexity index is 184. The summed E-state index contributed by atoms with van der Waals surface area (Å²) in [5.41, 5.74) is -0.0104. The molecule has 0 amide bonds. The van der Waals surface area contributed by atoms with Crippen LogP contribution in [-0.4, -0.2) is 11.1 Å². The lowest BCUT2D eigenvalue weighted by molar-refractivity contribution is -0.150. The van der Waals surface area contributed by atoms with Gasteiger partial charge in [-0.2, -0.15) is 0 Å². The van der Waals surface area contributed by atoms with Gasteiger partial charge in [-0.3, -0.25) is 4.79 Å². The van der Waals surface area contributed by atoms with Gasteiger partial charge < -0.3 is 5.11 Å². The molecule has 0 aliphatic heterocycles. The molecule has 0 saturated heterocycles. The molecule has 1 aliphatic rings. The Morgan fingerprint density at radius 1 is 1.50 bits per heavy atom. The molecule has 2 atom stereocenters. The highest BCUT2D eigenvalue weighted by Gasteiger charge is 2.41. The SMILES string of the molecule is CC1CCCC(C)(C)C1C(=O)O. The molecule has 12 heavy (non-hydrogen) atoms. The van der Waals surface area contributed by atoms with E-state index in [1.54, 1.807) is 0 Å². The van der Waals surface area contributed by atoms with E-state index in [0.717, 1.165) is 12.8 Å². The van der Waals surface area contributed by atoms with Crippen molar-refractivity contribution in [1.29, 1.82) is 0 Å². The van der Waals surface area contributed by atoms with Gasteiger partial charge in [-0.1, -0.05) is 27.2 Å². The Hall–Kier alpha value is -0.530. The summed E-state index contributed by atoms with van der Waals surface area (Å²) in [5.74, 6) is -0.426. The molecular formula is C10H18O2. The first kappa shape index (κ1) is 9.56. The Morgan fingerprint density at radius 2 is 2.08 bits per heavy atom. The molecule has 0 heterocycles. The summed E-state index contributed by atoms with van der Waals surface area (Å²) in [6, 6.07) is 0. The lowest BCUT2D eigenvalue weighted by Gasteiger charge is -2.40. The fraction of sp³-hybridized carbons (Fsp3) is 0.900. The van der Waals surface area contributed by atoms with E-state index in [0.29, 0.717) is 5.92 Å². The van der Waals surface area contributed by atoms with Crippen LogP contribution in [0.2, 0.25) is 0 Å². The summed E-state index contributed by atoms with van der Waals surface area (Å²) >= 11 is 0. The first-order chi connectivity index (χ1) is 5.45. The predicted molar refractivity (Wildman–Crippen MR) is 47.9 cm³/mol. The van der Waals surface area contributed by atoms with Crippen LogP contribution in [0.1, 0.15) is 40.0 Å². The van der Waals surface area contributed by atoms with Crippen LogP contribution in [-0.2, 0) is 4.79 Å². The van der Waals surface area contributed by atoms with Gasteiger partial charge in [-0.05, 0) is 24.2 Å². The quantitative estimate of drug-likeness (QED) is 0.656. The highest BCUT2D eigenvalue weighted by Crippen LogP contribution is 2.43. The largest absolute Gasteiger partial charge is 0.481 e. The second-order valence-corrected chi connectivity index (χ2v) is 4.67. The van der Waals surface area contributed by atoms with Gasteiger partial charge in [0.1, 0.15) is 0 Å². The minimum Gasteiger partial charge on any atom is -0.481 e. The highest BCUT2D eigenvalue weighted by atomic mass is 16.4. The molecule has 1 saturated carbocycles. The zero-order chi connectivity index (χ0) is 9.35. The average Bonchev–Trinajstić information content (AvgIpc) is 1.82. The van der Waals surface area contributed by atoms with Gasteiger partial charge in [0, 0.05) is 0 Å². The maximum atomic E-state index is 11.0. The van der Waals surface area contributed by atoms with Crippen LogP contribution < -0.4 is 0 Å². The summed E-state index contributed by atoms with van der Waals surface area (Å²) < 4.78 is 0. The van der Waals surface area contributed by atoms with Crippen molar-refractivity contribution in [1.82, 2.24) is 0 Å². The van der Waals surface area contributed by atoms with Gasteiger partial charge in [-0.15, -0.1) is 0 Å². The van der Waals surface area contributed by atoms with Crippen molar-refractivity contribution in [3.05, 3.63) is 0 Å². The minimum atomic E-state index is -0.618. The number of hydrogen-bond acceptors (Lipinski definition) is 1. The van der Waals surface area contributed by atoms with Gasteiger partial charge >= 0.3 is 5.97 Å². The van der Waals surface area contributed by atoms with E-state index in [1.165, 1.54) is 6.42 Å². The van der Waals surface area contributed by atoms with E-state index in [4.69, 9.17) is 5.11 Å². The zero-order valence-corrected chi connectivity index (χ0v) is 8.13. The molecular weight excluding hydrogens is 152 g/mol. The van der Waals surface area contributed by atoms with E-state index in [-0.39, 0.29) is 11.3 Å². The van der Waals surface area contributed by atoms with Crippen molar-refractivity contribution < 1.29 is 9.90 Å². The first-order valence-corrected chi connectivity index (χ1v) is 4.68. The van der Waals surface area contributed by atoms with Gasteiger partial charge in [0.15, 0.2) is 0 Å². The normalized spacial score (nSPS) is 34.6. The van der Waals surface area contributed by atoms with Gasteiger partial charge in [0.05, 0.1) is 5.92 Å². The maximum absolute atomic E-state index is 11.0. The minimum absolute atomic E-state index is 0.0104. The molecule has 0 aromatic rings. The number of carboxylic acid groups (broad SMARTS) is 1. The summed E-state index contributed by atoms with van der Waals surface area (Å²) in [5, 5.41) is 9.04. The monoisotopic (exact) mass is 170 g/mol. The molecule has 2 nitrogen and oxygen atoms in total. The third kappa shape index (κ3) is 1.62. The van der Waals surface area contributed by atoms with Gasteiger partial charge in [0.2, 0.25) is 0 Å². The molecule has 1 N–H and O–H groups in total. The van der Waals surface area contributed by atoms with Crippen molar-refractivity contribution in [2.75, 3.05) is 0 Å². The Labute approximate surface area is 74.0 Å². The smallest absolute Gasteiger partial charge is 0.307 e. The summed E-state index contributed by atoms with van der Waals surface area (Å²) in [7, 11) is 0. The lowest BCUT2D eigenvalue weighted by atomic mass is 9.64. The first-order valence-electron chi connectivity index (χ1n) is 4.68. The average molecular weight is 170 g/mol. The van der Waals surface area contributed by atoms with Crippen molar-refractivity contribution in [2.24, 2.45) is 17.3 Å². The number of carboxylic acids is 1. The Kier molecular flexibility index (Phi) is 2.45. The van der Waals surface area contributed by atoms with Gasteiger partial charge in [-0.25, -0.2) is 0 Å². The van der Waals surface area contributed by atoms with E-state index in [2.05, 4.69) is 20.8 Å². The summed E-state index contributed by atoms with van der Waals surface area (Å²) in [4.78, 5) is 11.0. The summed E-state index contributed by atoms with van der Waals surface area (Å²) in [6.45, 7) is 6.20. The molecule has 2 unspecified atom stereocenters. The predicted octanol–water partition coefficient (Wildman–Crippen LogP) is 2.53. The Balaban J connectivity index is 2.81. The van der Waals surface area contributed by atoms with Gasteiger partial charge in [0.25, 0.3) is 0 Å². The molecule has 2 heteroatoms. The van der Waals surface area contributed by atoms with E-state index in [9.17, 15) is 4.79 Å². The molecule has 0 aromatic carbocycles. The second kappa shape index (κ2) is 3.08. The van der Waals surface area contributed by atoms with E-state index >= 15 is 0 Å². The van der Waals surface area contributed by atoms with Crippen molar-refractivity contribution in [3.8, 4) is 0 Å². The number of aliphatic carboxylic acids is 1. The molecule has 0 spiro atoms. The van der Waals surface area contributed by atoms with E-state index < -0.39 is 5.97 Å². The molecule has 1 rings (SSSR count). The molecule has 0 aromatic heterocycles.